The van der Waals surface area contributed by atoms with Crippen molar-refractivity contribution in [2.24, 2.45) is 10.9 Å². The van der Waals surface area contributed by atoms with Crippen molar-refractivity contribution >= 4 is 17.6 Å². The third-order valence-electron chi connectivity index (χ3n) is 4.66. The summed E-state index contributed by atoms with van der Waals surface area (Å²) >= 11 is 0. The standard InChI is InChI=1S/C23H23F3N4O/c1-3-5-14(2)8-21(28-23(31)15-6-4-7-17(24)9-15)27-22-13-20(29-30-22)16-10-18(25)12-19(26)11-16/h4,6-7,9-14H,3,5,8H2,1-2H3,(H2,27,28,29,30,31)/t14-/m0/s1. The third-order valence-corrected chi connectivity index (χ3v) is 4.66. The van der Waals surface area contributed by atoms with E-state index in [9.17, 15) is 18.0 Å². The summed E-state index contributed by atoms with van der Waals surface area (Å²) in [5.41, 5.74) is 0.847. The van der Waals surface area contributed by atoms with Crippen molar-refractivity contribution in [3.05, 3.63) is 71.5 Å². The summed E-state index contributed by atoms with van der Waals surface area (Å²) in [6, 6.07) is 10.1. The van der Waals surface area contributed by atoms with Gasteiger partial charge in [0.1, 0.15) is 23.3 Å². The molecule has 0 bridgehead atoms. The number of hydrogen-bond acceptors (Lipinski definition) is 3. The zero-order valence-electron chi connectivity index (χ0n) is 17.3. The average Bonchev–Trinajstić information content (AvgIpc) is 3.16. The van der Waals surface area contributed by atoms with Crippen LogP contribution in [0.3, 0.4) is 0 Å². The van der Waals surface area contributed by atoms with E-state index >= 15 is 0 Å². The number of halogens is 3. The zero-order valence-corrected chi connectivity index (χ0v) is 17.3. The molecule has 0 fully saturated rings. The highest BCUT2D eigenvalue weighted by molar-refractivity contribution is 6.07. The first-order valence-electron chi connectivity index (χ1n) is 10.0. The summed E-state index contributed by atoms with van der Waals surface area (Å²) in [5.74, 6) is -1.53. The minimum absolute atomic E-state index is 0.175. The topological polar surface area (TPSA) is 70.1 Å². The van der Waals surface area contributed by atoms with Gasteiger partial charge in [-0.3, -0.25) is 9.89 Å². The summed E-state index contributed by atoms with van der Waals surface area (Å²) in [6.45, 7) is 4.11. The van der Waals surface area contributed by atoms with Gasteiger partial charge in [-0.15, -0.1) is 0 Å². The number of carbonyl (C=O) groups excluding carboxylic acids is 1. The first-order valence-corrected chi connectivity index (χ1v) is 10.0. The molecule has 1 heterocycles. The highest BCUT2D eigenvalue weighted by atomic mass is 19.1. The molecule has 1 aromatic heterocycles. The van der Waals surface area contributed by atoms with Crippen LogP contribution in [0.15, 0.2) is 53.5 Å². The Balaban J connectivity index is 1.86. The maximum absolute atomic E-state index is 13.5. The molecule has 5 nitrogen and oxygen atoms in total. The molecule has 0 spiro atoms. The molecule has 3 aromatic rings. The van der Waals surface area contributed by atoms with E-state index in [1.165, 1.54) is 36.4 Å². The Labute approximate surface area is 178 Å². The zero-order chi connectivity index (χ0) is 22.4. The highest BCUT2D eigenvalue weighted by Crippen LogP contribution is 2.24. The van der Waals surface area contributed by atoms with Gasteiger partial charge in [0, 0.05) is 29.7 Å². The van der Waals surface area contributed by atoms with Crippen LogP contribution in [-0.4, -0.2) is 21.9 Å². The Hall–Kier alpha value is -3.42. The normalized spacial score (nSPS) is 12.6. The van der Waals surface area contributed by atoms with Gasteiger partial charge >= 0.3 is 0 Å². The summed E-state index contributed by atoms with van der Waals surface area (Å²) in [6.07, 6.45) is 2.39. The van der Waals surface area contributed by atoms with Crippen molar-refractivity contribution in [3.8, 4) is 11.3 Å². The fraction of sp³-hybridized carbons (Fsp3) is 0.261. The van der Waals surface area contributed by atoms with Crippen LogP contribution >= 0.6 is 0 Å². The Bertz CT molecular complexity index is 1070. The summed E-state index contributed by atoms with van der Waals surface area (Å²) in [7, 11) is 0. The SMILES string of the molecule is CCC[C@H](C)CC(=Nc1cc(-c2cc(F)cc(F)c2)[nH]n1)NC(=O)c1cccc(F)c1. The van der Waals surface area contributed by atoms with Crippen molar-refractivity contribution in [1.29, 1.82) is 0 Å². The van der Waals surface area contributed by atoms with Crippen LogP contribution in [-0.2, 0) is 0 Å². The first-order chi connectivity index (χ1) is 14.8. The Morgan fingerprint density at radius 1 is 1.10 bits per heavy atom. The van der Waals surface area contributed by atoms with Crippen molar-refractivity contribution in [1.82, 2.24) is 15.5 Å². The van der Waals surface area contributed by atoms with Crippen LogP contribution in [0.4, 0.5) is 19.0 Å². The van der Waals surface area contributed by atoms with E-state index in [-0.39, 0.29) is 22.9 Å². The average molecular weight is 428 g/mol. The second-order valence-electron chi connectivity index (χ2n) is 7.42. The molecule has 162 valence electrons. The molecular formula is C23H23F3N4O. The maximum Gasteiger partial charge on any atom is 0.256 e. The van der Waals surface area contributed by atoms with Crippen LogP contribution in [0, 0.1) is 23.4 Å². The van der Waals surface area contributed by atoms with Gasteiger partial charge in [0.2, 0.25) is 0 Å². The fourth-order valence-electron chi connectivity index (χ4n) is 3.25. The molecule has 0 saturated carbocycles. The van der Waals surface area contributed by atoms with Gasteiger partial charge in [0.15, 0.2) is 5.82 Å². The van der Waals surface area contributed by atoms with Crippen LogP contribution in [0.1, 0.15) is 43.5 Å². The number of aromatic amines is 1. The van der Waals surface area contributed by atoms with E-state index in [1.54, 1.807) is 0 Å². The van der Waals surface area contributed by atoms with Crippen LogP contribution in [0.25, 0.3) is 11.3 Å². The number of benzene rings is 2. The molecule has 0 aliphatic carbocycles. The number of rotatable bonds is 7. The Kier molecular flexibility index (Phi) is 7.23. The monoisotopic (exact) mass is 428 g/mol. The van der Waals surface area contributed by atoms with Gasteiger partial charge in [0.05, 0.1) is 5.69 Å². The molecule has 3 rings (SSSR count). The number of amides is 1. The summed E-state index contributed by atoms with van der Waals surface area (Å²) in [5, 5.41) is 9.51. The summed E-state index contributed by atoms with van der Waals surface area (Å²) in [4.78, 5) is 17.0. The largest absolute Gasteiger partial charge is 0.310 e. The number of aromatic nitrogens is 2. The molecule has 1 amide bonds. The van der Waals surface area contributed by atoms with E-state index in [2.05, 4.69) is 27.4 Å². The van der Waals surface area contributed by atoms with Gasteiger partial charge in [0.25, 0.3) is 5.91 Å². The van der Waals surface area contributed by atoms with Crippen molar-refractivity contribution in [3.63, 3.8) is 0 Å². The number of nitrogens with one attached hydrogen (secondary N) is 2. The van der Waals surface area contributed by atoms with E-state index in [0.29, 0.717) is 18.0 Å². The van der Waals surface area contributed by atoms with Gasteiger partial charge in [-0.1, -0.05) is 32.8 Å². The third kappa shape index (κ3) is 6.28. The number of hydrogen-bond donors (Lipinski definition) is 2. The van der Waals surface area contributed by atoms with Gasteiger partial charge in [-0.2, -0.15) is 5.10 Å². The van der Waals surface area contributed by atoms with E-state index in [1.807, 2.05) is 6.92 Å². The van der Waals surface area contributed by atoms with Crippen molar-refractivity contribution < 1.29 is 18.0 Å². The predicted molar refractivity (Wildman–Crippen MR) is 114 cm³/mol. The number of aliphatic imine (C=N–C) groups is 1. The van der Waals surface area contributed by atoms with Crippen molar-refractivity contribution in [2.75, 3.05) is 0 Å². The smallest absolute Gasteiger partial charge is 0.256 e. The second-order valence-corrected chi connectivity index (χ2v) is 7.42. The summed E-state index contributed by atoms with van der Waals surface area (Å²) < 4.78 is 40.5. The van der Waals surface area contributed by atoms with Gasteiger partial charge < -0.3 is 5.32 Å². The fourth-order valence-corrected chi connectivity index (χ4v) is 3.25. The Morgan fingerprint density at radius 2 is 1.84 bits per heavy atom. The lowest BCUT2D eigenvalue weighted by molar-refractivity contribution is 0.0975. The van der Waals surface area contributed by atoms with Crippen LogP contribution in [0.5, 0.6) is 0 Å². The number of carbonyl (C=O) groups is 1. The van der Waals surface area contributed by atoms with Crippen molar-refractivity contribution in [2.45, 2.75) is 33.1 Å². The number of amidine groups is 1. The first kappa shape index (κ1) is 22.3. The minimum atomic E-state index is -0.703. The highest BCUT2D eigenvalue weighted by Gasteiger charge is 2.14. The van der Waals surface area contributed by atoms with Crippen LogP contribution in [0.2, 0.25) is 0 Å². The minimum Gasteiger partial charge on any atom is -0.310 e. The van der Waals surface area contributed by atoms with Gasteiger partial charge in [-0.05, 0) is 36.2 Å². The molecule has 0 aliphatic rings. The molecule has 31 heavy (non-hydrogen) atoms. The van der Waals surface area contributed by atoms with E-state index in [0.717, 1.165) is 25.0 Å². The lowest BCUT2D eigenvalue weighted by atomic mass is 10.0. The van der Waals surface area contributed by atoms with Gasteiger partial charge in [-0.25, -0.2) is 18.2 Å². The molecule has 1 atom stereocenters. The lowest BCUT2D eigenvalue weighted by Crippen LogP contribution is -2.31. The maximum atomic E-state index is 13.5. The van der Waals surface area contributed by atoms with Crippen LogP contribution < -0.4 is 5.32 Å². The molecule has 2 aromatic carbocycles. The lowest BCUT2D eigenvalue weighted by Gasteiger charge is -2.13. The molecule has 2 N–H and O–H groups in total. The molecule has 0 saturated heterocycles. The molecule has 8 heteroatoms. The van der Waals surface area contributed by atoms with E-state index < -0.39 is 23.4 Å². The Morgan fingerprint density at radius 3 is 2.52 bits per heavy atom. The predicted octanol–water partition coefficient (Wildman–Crippen LogP) is 5.78. The second kappa shape index (κ2) is 10.1. The molecule has 0 unspecified atom stereocenters. The van der Waals surface area contributed by atoms with E-state index in [4.69, 9.17) is 0 Å². The molecule has 0 radical (unpaired) electrons. The number of nitrogens with zero attached hydrogens (tertiary/aromatic N) is 2. The quantitative estimate of drug-likeness (QED) is 0.370. The number of H-pyrrole nitrogens is 1. The molecular weight excluding hydrogens is 405 g/mol. The molecule has 0 aliphatic heterocycles.